The van der Waals surface area contributed by atoms with E-state index in [1.807, 2.05) is 32.0 Å². The lowest BCUT2D eigenvalue weighted by atomic mass is 10.1. The van der Waals surface area contributed by atoms with E-state index in [2.05, 4.69) is 12.1 Å². The standard InChI is InChI=1S/C16H25O4P/c1-4-19-16(17)15(21(18-3)20-5-2)13-9-12-14-10-7-6-8-11-14/h6-8,10-11,15H,4-5,9,12-13H2,1-3H3. The molecule has 0 saturated heterocycles. The fourth-order valence-corrected chi connectivity index (χ4v) is 3.52. The van der Waals surface area contributed by atoms with Gasteiger partial charge in [-0.15, -0.1) is 0 Å². The zero-order chi connectivity index (χ0) is 15.5. The Balaban J connectivity index is 2.57. The lowest BCUT2D eigenvalue weighted by Crippen LogP contribution is -2.23. The van der Waals surface area contributed by atoms with Crippen molar-refractivity contribution in [2.75, 3.05) is 20.3 Å². The largest absolute Gasteiger partial charge is 0.465 e. The topological polar surface area (TPSA) is 44.8 Å². The summed E-state index contributed by atoms with van der Waals surface area (Å²) in [5.41, 5.74) is 0.965. The number of rotatable bonds is 10. The summed E-state index contributed by atoms with van der Waals surface area (Å²) >= 11 is 0. The Kier molecular flexibility index (Phi) is 9.24. The first-order chi connectivity index (χ1) is 10.2. The molecule has 0 heterocycles. The third-order valence-electron chi connectivity index (χ3n) is 3.04. The molecule has 1 aromatic carbocycles. The van der Waals surface area contributed by atoms with Crippen LogP contribution in [0.4, 0.5) is 0 Å². The fourth-order valence-electron chi connectivity index (χ4n) is 2.09. The first kappa shape index (κ1) is 18.1. The van der Waals surface area contributed by atoms with Gasteiger partial charge in [0.2, 0.25) is 0 Å². The first-order valence-corrected chi connectivity index (χ1v) is 8.64. The summed E-state index contributed by atoms with van der Waals surface area (Å²) < 4.78 is 16.1. The van der Waals surface area contributed by atoms with Gasteiger partial charge in [-0.1, -0.05) is 30.3 Å². The van der Waals surface area contributed by atoms with Gasteiger partial charge in [-0.2, -0.15) is 0 Å². The van der Waals surface area contributed by atoms with Gasteiger partial charge in [-0.05, 0) is 38.7 Å². The van der Waals surface area contributed by atoms with E-state index in [0.717, 1.165) is 12.8 Å². The van der Waals surface area contributed by atoms with Crippen LogP contribution in [0.1, 0.15) is 32.3 Å². The molecule has 0 saturated carbocycles. The molecule has 118 valence electrons. The van der Waals surface area contributed by atoms with E-state index in [0.29, 0.717) is 19.6 Å². The van der Waals surface area contributed by atoms with Crippen LogP contribution in [0.25, 0.3) is 0 Å². The van der Waals surface area contributed by atoms with Gasteiger partial charge in [0, 0.05) is 7.11 Å². The van der Waals surface area contributed by atoms with Crippen molar-refractivity contribution in [2.45, 2.75) is 38.8 Å². The number of esters is 1. The molecule has 0 bridgehead atoms. The van der Waals surface area contributed by atoms with Crippen LogP contribution in [0.3, 0.4) is 0 Å². The highest BCUT2D eigenvalue weighted by Crippen LogP contribution is 2.45. The van der Waals surface area contributed by atoms with Crippen molar-refractivity contribution in [3.8, 4) is 0 Å². The lowest BCUT2D eigenvalue weighted by molar-refractivity contribution is -0.143. The smallest absolute Gasteiger partial charge is 0.318 e. The number of aryl methyl sites for hydroxylation is 1. The first-order valence-electron chi connectivity index (χ1n) is 7.39. The van der Waals surface area contributed by atoms with Crippen LogP contribution < -0.4 is 0 Å². The monoisotopic (exact) mass is 312 g/mol. The Morgan fingerprint density at radius 2 is 1.90 bits per heavy atom. The second kappa shape index (κ2) is 10.7. The molecule has 21 heavy (non-hydrogen) atoms. The van der Waals surface area contributed by atoms with Gasteiger partial charge in [-0.25, -0.2) is 0 Å². The molecule has 0 fully saturated rings. The lowest BCUT2D eigenvalue weighted by Gasteiger charge is -2.23. The zero-order valence-corrected chi connectivity index (χ0v) is 14.0. The summed E-state index contributed by atoms with van der Waals surface area (Å²) in [6, 6.07) is 10.3. The molecular weight excluding hydrogens is 287 g/mol. The number of hydrogen-bond donors (Lipinski definition) is 0. The van der Waals surface area contributed by atoms with E-state index in [1.54, 1.807) is 7.11 Å². The van der Waals surface area contributed by atoms with Crippen LogP contribution in [0.5, 0.6) is 0 Å². The van der Waals surface area contributed by atoms with Gasteiger partial charge in [-0.3, -0.25) is 4.79 Å². The van der Waals surface area contributed by atoms with Crippen molar-refractivity contribution in [3.05, 3.63) is 35.9 Å². The van der Waals surface area contributed by atoms with Crippen molar-refractivity contribution < 1.29 is 18.6 Å². The molecule has 1 rings (SSSR count). The van der Waals surface area contributed by atoms with Gasteiger partial charge in [0.15, 0.2) is 8.38 Å². The molecule has 4 nitrogen and oxygen atoms in total. The third kappa shape index (κ3) is 6.56. The molecule has 0 N–H and O–H groups in total. The predicted molar refractivity (Wildman–Crippen MR) is 85.4 cm³/mol. The summed E-state index contributed by atoms with van der Waals surface area (Å²) in [6.07, 6.45) is 2.56. The summed E-state index contributed by atoms with van der Waals surface area (Å²) in [4.78, 5) is 12.1. The number of carbonyl (C=O) groups is 1. The van der Waals surface area contributed by atoms with Gasteiger partial charge in [0.1, 0.15) is 5.66 Å². The van der Waals surface area contributed by atoms with Crippen LogP contribution in [-0.4, -0.2) is 32.0 Å². The fraction of sp³-hybridized carbons (Fsp3) is 0.562. The van der Waals surface area contributed by atoms with Crippen LogP contribution in [0, 0.1) is 0 Å². The minimum Gasteiger partial charge on any atom is -0.465 e. The molecule has 5 heteroatoms. The Morgan fingerprint density at radius 3 is 2.48 bits per heavy atom. The Bertz CT molecular complexity index is 397. The van der Waals surface area contributed by atoms with Crippen molar-refractivity contribution in [2.24, 2.45) is 0 Å². The number of benzene rings is 1. The molecule has 0 radical (unpaired) electrons. The normalized spacial score (nSPS) is 13.7. The van der Waals surface area contributed by atoms with Crippen molar-refractivity contribution >= 4 is 14.3 Å². The van der Waals surface area contributed by atoms with E-state index >= 15 is 0 Å². The minimum absolute atomic E-state index is 0.216. The van der Waals surface area contributed by atoms with E-state index in [1.165, 1.54) is 5.56 Å². The summed E-state index contributed by atoms with van der Waals surface area (Å²) in [6.45, 7) is 4.64. The highest BCUT2D eigenvalue weighted by Gasteiger charge is 2.30. The quantitative estimate of drug-likeness (QED) is 0.485. The molecule has 2 unspecified atom stereocenters. The zero-order valence-electron chi connectivity index (χ0n) is 13.1. The summed E-state index contributed by atoms with van der Waals surface area (Å²) in [7, 11) is 0.360. The third-order valence-corrected chi connectivity index (χ3v) is 4.89. The molecule has 0 amide bonds. The molecule has 1 aromatic rings. The van der Waals surface area contributed by atoms with Crippen LogP contribution in [0.15, 0.2) is 30.3 Å². The Labute approximate surface area is 128 Å². The van der Waals surface area contributed by atoms with Crippen LogP contribution in [0.2, 0.25) is 0 Å². The molecule has 0 spiro atoms. The average molecular weight is 312 g/mol. The van der Waals surface area contributed by atoms with E-state index in [9.17, 15) is 4.79 Å². The maximum atomic E-state index is 12.1. The highest BCUT2D eigenvalue weighted by atomic mass is 31.2. The van der Waals surface area contributed by atoms with Gasteiger partial charge >= 0.3 is 5.97 Å². The number of carbonyl (C=O) groups excluding carboxylic acids is 1. The van der Waals surface area contributed by atoms with Gasteiger partial charge in [0.25, 0.3) is 0 Å². The van der Waals surface area contributed by atoms with E-state index in [4.69, 9.17) is 13.8 Å². The van der Waals surface area contributed by atoms with E-state index in [-0.39, 0.29) is 11.6 Å². The summed E-state index contributed by atoms with van der Waals surface area (Å²) in [5, 5.41) is 0. The Hall–Kier alpha value is -0.960. The van der Waals surface area contributed by atoms with Crippen LogP contribution in [-0.2, 0) is 25.0 Å². The van der Waals surface area contributed by atoms with Crippen LogP contribution >= 0.6 is 8.38 Å². The van der Waals surface area contributed by atoms with Gasteiger partial charge in [0.05, 0.1) is 13.2 Å². The second-order valence-electron chi connectivity index (χ2n) is 4.53. The minimum atomic E-state index is -1.23. The Morgan fingerprint density at radius 1 is 1.19 bits per heavy atom. The SMILES string of the molecule is CCOC(=O)C(CCCc1ccccc1)P(OC)OCC. The average Bonchev–Trinajstić information content (AvgIpc) is 2.51. The molecule has 0 aromatic heterocycles. The van der Waals surface area contributed by atoms with E-state index < -0.39 is 8.38 Å². The number of ether oxygens (including phenoxy) is 1. The molecule has 0 aliphatic heterocycles. The van der Waals surface area contributed by atoms with Gasteiger partial charge < -0.3 is 13.8 Å². The number of hydrogen-bond acceptors (Lipinski definition) is 4. The molecule has 0 aliphatic rings. The van der Waals surface area contributed by atoms with Crippen molar-refractivity contribution in [1.82, 2.24) is 0 Å². The molecular formula is C16H25O4P. The predicted octanol–water partition coefficient (Wildman–Crippen LogP) is 3.94. The highest BCUT2D eigenvalue weighted by molar-refractivity contribution is 7.49. The maximum absolute atomic E-state index is 12.1. The molecule has 2 atom stereocenters. The maximum Gasteiger partial charge on any atom is 0.318 e. The van der Waals surface area contributed by atoms with Crippen molar-refractivity contribution in [1.29, 1.82) is 0 Å². The molecule has 0 aliphatic carbocycles. The summed E-state index contributed by atoms with van der Waals surface area (Å²) in [5.74, 6) is -0.216. The second-order valence-corrected chi connectivity index (χ2v) is 6.35. The van der Waals surface area contributed by atoms with Crippen molar-refractivity contribution in [3.63, 3.8) is 0 Å².